The molecule has 6 heteroatoms. The van der Waals surface area contributed by atoms with Crippen LogP contribution in [-0.4, -0.2) is 39.6 Å². The summed E-state index contributed by atoms with van der Waals surface area (Å²) >= 11 is 0. The molecule has 1 saturated heterocycles. The minimum atomic E-state index is -0.274. The van der Waals surface area contributed by atoms with Crippen molar-refractivity contribution in [1.82, 2.24) is 14.7 Å². The zero-order valence-electron chi connectivity index (χ0n) is 20.2. The number of likely N-dealkylation sites (tertiary alicyclic amines) is 1. The first-order valence-electron chi connectivity index (χ1n) is 11.9. The van der Waals surface area contributed by atoms with Gasteiger partial charge in [-0.2, -0.15) is 5.10 Å². The Morgan fingerprint density at radius 1 is 0.971 bits per heavy atom. The quantitative estimate of drug-likeness (QED) is 0.523. The van der Waals surface area contributed by atoms with Gasteiger partial charge in [0.2, 0.25) is 5.91 Å². The molecular formula is C28H32N4O2. The Balaban J connectivity index is 1.46. The van der Waals surface area contributed by atoms with E-state index in [0.717, 1.165) is 49.3 Å². The lowest BCUT2D eigenvalue weighted by Crippen LogP contribution is -2.36. The number of para-hydroxylation sites is 1. The molecule has 1 aliphatic heterocycles. The highest BCUT2D eigenvalue weighted by Gasteiger charge is 2.21. The first-order valence-corrected chi connectivity index (χ1v) is 11.9. The fourth-order valence-electron chi connectivity index (χ4n) is 4.35. The van der Waals surface area contributed by atoms with Crippen molar-refractivity contribution in [2.75, 3.05) is 18.4 Å². The van der Waals surface area contributed by atoms with Crippen LogP contribution in [0.15, 0.2) is 54.6 Å². The highest BCUT2D eigenvalue weighted by Crippen LogP contribution is 2.21. The second-order valence-corrected chi connectivity index (χ2v) is 8.95. The summed E-state index contributed by atoms with van der Waals surface area (Å²) < 4.78 is 1.96. The summed E-state index contributed by atoms with van der Waals surface area (Å²) in [6.45, 7) is 8.25. The number of amides is 2. The summed E-state index contributed by atoms with van der Waals surface area (Å²) in [5, 5.41) is 7.55. The largest absolute Gasteiger partial charge is 0.339 e. The van der Waals surface area contributed by atoms with E-state index in [-0.39, 0.29) is 11.8 Å². The van der Waals surface area contributed by atoms with E-state index in [9.17, 15) is 9.59 Å². The molecule has 0 atom stereocenters. The van der Waals surface area contributed by atoms with Gasteiger partial charge in [-0.15, -0.1) is 0 Å². The van der Waals surface area contributed by atoms with E-state index in [1.54, 1.807) is 18.2 Å². The van der Waals surface area contributed by atoms with E-state index in [0.29, 0.717) is 17.8 Å². The molecular weight excluding hydrogens is 424 g/mol. The molecule has 1 N–H and O–H groups in total. The minimum Gasteiger partial charge on any atom is -0.339 e. The number of piperidine rings is 1. The van der Waals surface area contributed by atoms with Gasteiger partial charge in [0.1, 0.15) is 0 Å². The van der Waals surface area contributed by atoms with Crippen molar-refractivity contribution in [1.29, 1.82) is 0 Å². The van der Waals surface area contributed by atoms with Gasteiger partial charge in [-0.05, 0) is 63.8 Å². The molecule has 0 unspecified atom stereocenters. The highest BCUT2D eigenvalue weighted by molar-refractivity contribution is 6.07. The van der Waals surface area contributed by atoms with Gasteiger partial charge in [0.15, 0.2) is 0 Å². The van der Waals surface area contributed by atoms with Gasteiger partial charge in [-0.3, -0.25) is 14.3 Å². The van der Waals surface area contributed by atoms with Crippen molar-refractivity contribution in [2.45, 2.75) is 46.6 Å². The maximum absolute atomic E-state index is 13.0. The van der Waals surface area contributed by atoms with Crippen LogP contribution in [0.2, 0.25) is 0 Å². The number of hydrogen-bond acceptors (Lipinski definition) is 3. The van der Waals surface area contributed by atoms with E-state index < -0.39 is 0 Å². The standard InChI is InChI=1S/C28H32N4O2/c1-20-11-13-23(14-12-20)19-32-22(3)24(21(2)30-32)15-16-27(33)29-26-10-6-5-9-25(26)28(34)31-17-7-4-8-18-31/h5-6,9-16H,4,7-8,17-19H2,1-3H3,(H,29,33)/b16-15+. The minimum absolute atomic E-state index is 0.0244. The van der Waals surface area contributed by atoms with Gasteiger partial charge >= 0.3 is 0 Å². The van der Waals surface area contributed by atoms with E-state index >= 15 is 0 Å². The number of nitrogens with zero attached hydrogens (tertiary/aromatic N) is 3. The number of rotatable bonds is 6. The van der Waals surface area contributed by atoms with Gasteiger partial charge in [-0.25, -0.2) is 0 Å². The summed E-state index contributed by atoms with van der Waals surface area (Å²) in [6.07, 6.45) is 6.52. The van der Waals surface area contributed by atoms with Crippen molar-refractivity contribution >= 4 is 23.6 Å². The summed E-state index contributed by atoms with van der Waals surface area (Å²) in [6, 6.07) is 15.6. The van der Waals surface area contributed by atoms with Crippen molar-refractivity contribution < 1.29 is 9.59 Å². The molecule has 0 spiro atoms. The van der Waals surface area contributed by atoms with Gasteiger partial charge in [0.25, 0.3) is 5.91 Å². The number of carbonyl (C=O) groups excluding carboxylic acids is 2. The Kier molecular flexibility index (Phi) is 7.26. The van der Waals surface area contributed by atoms with Crippen molar-refractivity contribution in [3.8, 4) is 0 Å². The third kappa shape index (κ3) is 5.45. The van der Waals surface area contributed by atoms with Crippen LogP contribution < -0.4 is 5.32 Å². The highest BCUT2D eigenvalue weighted by atomic mass is 16.2. The molecule has 1 aliphatic rings. The van der Waals surface area contributed by atoms with Crippen LogP contribution in [0.3, 0.4) is 0 Å². The number of aromatic nitrogens is 2. The number of hydrogen-bond donors (Lipinski definition) is 1. The second kappa shape index (κ2) is 10.5. The SMILES string of the molecule is Cc1ccc(Cn2nc(C)c(/C=C/C(=O)Nc3ccccc3C(=O)N3CCCCC3)c2C)cc1. The summed E-state index contributed by atoms with van der Waals surface area (Å²) in [7, 11) is 0. The third-order valence-corrected chi connectivity index (χ3v) is 6.35. The number of carbonyl (C=O) groups is 2. The summed E-state index contributed by atoms with van der Waals surface area (Å²) in [5.74, 6) is -0.298. The average Bonchev–Trinajstić information content (AvgIpc) is 3.11. The van der Waals surface area contributed by atoms with Crippen LogP contribution in [0.4, 0.5) is 5.69 Å². The molecule has 2 amide bonds. The molecule has 1 fully saturated rings. The van der Waals surface area contributed by atoms with Crippen LogP contribution in [0, 0.1) is 20.8 Å². The Morgan fingerprint density at radius 3 is 2.41 bits per heavy atom. The molecule has 0 saturated carbocycles. The molecule has 4 rings (SSSR count). The van der Waals surface area contributed by atoms with E-state index in [1.807, 2.05) is 35.6 Å². The predicted molar refractivity (Wildman–Crippen MR) is 136 cm³/mol. The first-order chi connectivity index (χ1) is 16.4. The van der Waals surface area contributed by atoms with Crippen LogP contribution in [0.25, 0.3) is 6.08 Å². The molecule has 0 bridgehead atoms. The molecule has 1 aromatic heterocycles. The van der Waals surface area contributed by atoms with Crippen molar-refractivity contribution in [2.24, 2.45) is 0 Å². The van der Waals surface area contributed by atoms with Gasteiger partial charge in [-0.1, -0.05) is 42.0 Å². The maximum Gasteiger partial charge on any atom is 0.255 e. The molecule has 6 nitrogen and oxygen atoms in total. The third-order valence-electron chi connectivity index (χ3n) is 6.35. The number of anilines is 1. The van der Waals surface area contributed by atoms with Gasteiger partial charge in [0, 0.05) is 30.4 Å². The van der Waals surface area contributed by atoms with Gasteiger partial charge in [0.05, 0.1) is 23.5 Å². The van der Waals surface area contributed by atoms with Crippen molar-refractivity contribution in [3.63, 3.8) is 0 Å². The normalized spacial score (nSPS) is 13.9. The van der Waals surface area contributed by atoms with Crippen LogP contribution >= 0.6 is 0 Å². The average molecular weight is 457 g/mol. The fourth-order valence-corrected chi connectivity index (χ4v) is 4.35. The Hall–Kier alpha value is -3.67. The van der Waals surface area contributed by atoms with Crippen LogP contribution in [0.5, 0.6) is 0 Å². The monoisotopic (exact) mass is 456 g/mol. The van der Waals surface area contributed by atoms with Gasteiger partial charge < -0.3 is 10.2 Å². The molecule has 176 valence electrons. The fraction of sp³-hybridized carbons (Fsp3) is 0.321. The Bertz CT molecular complexity index is 1200. The lowest BCUT2D eigenvalue weighted by atomic mass is 10.1. The molecule has 2 aromatic carbocycles. The smallest absolute Gasteiger partial charge is 0.255 e. The molecule has 2 heterocycles. The molecule has 3 aromatic rings. The summed E-state index contributed by atoms with van der Waals surface area (Å²) in [4.78, 5) is 27.6. The topological polar surface area (TPSA) is 67.2 Å². The van der Waals surface area contributed by atoms with E-state index in [2.05, 4.69) is 41.6 Å². The van der Waals surface area contributed by atoms with E-state index in [1.165, 1.54) is 17.2 Å². The molecule has 34 heavy (non-hydrogen) atoms. The first kappa shape index (κ1) is 23.5. The maximum atomic E-state index is 13.0. The second-order valence-electron chi connectivity index (χ2n) is 8.95. The lowest BCUT2D eigenvalue weighted by Gasteiger charge is -2.27. The van der Waals surface area contributed by atoms with E-state index in [4.69, 9.17) is 0 Å². The Morgan fingerprint density at radius 2 is 1.68 bits per heavy atom. The Labute approximate surface area is 201 Å². The van der Waals surface area contributed by atoms with Crippen LogP contribution in [0.1, 0.15) is 57.7 Å². The zero-order chi connectivity index (χ0) is 24.1. The number of benzene rings is 2. The van der Waals surface area contributed by atoms with Crippen molar-refractivity contribution in [3.05, 3.63) is 88.2 Å². The molecule has 0 aliphatic carbocycles. The molecule has 0 radical (unpaired) electrons. The van der Waals surface area contributed by atoms with Crippen LogP contribution in [-0.2, 0) is 11.3 Å². The number of aryl methyl sites for hydroxylation is 2. The lowest BCUT2D eigenvalue weighted by molar-refractivity contribution is -0.111. The zero-order valence-corrected chi connectivity index (χ0v) is 20.2. The number of nitrogens with one attached hydrogen (secondary N) is 1. The summed E-state index contributed by atoms with van der Waals surface area (Å²) in [5.41, 5.74) is 6.28. The predicted octanol–water partition coefficient (Wildman–Crippen LogP) is 5.13.